The normalized spacial score (nSPS) is 27.9. The number of esters is 1. The molecule has 0 saturated carbocycles. The highest BCUT2D eigenvalue weighted by atomic mass is 35.5. The van der Waals surface area contributed by atoms with E-state index >= 15 is 0 Å². The van der Waals surface area contributed by atoms with Gasteiger partial charge in [-0.2, -0.15) is 0 Å². The zero-order chi connectivity index (χ0) is 9.71. The molecule has 2 heterocycles. The third-order valence-electron chi connectivity index (χ3n) is 2.17. The van der Waals surface area contributed by atoms with Crippen LogP contribution in [-0.2, 0) is 9.47 Å². The highest BCUT2D eigenvalue weighted by molar-refractivity contribution is 6.31. The van der Waals surface area contributed by atoms with Crippen LogP contribution in [-0.4, -0.2) is 18.5 Å². The molecule has 2 aliphatic heterocycles. The van der Waals surface area contributed by atoms with E-state index < -0.39 is 12.3 Å². The number of hydrogen-bond acceptors (Lipinski definition) is 4. The fourth-order valence-electron chi connectivity index (χ4n) is 1.42. The van der Waals surface area contributed by atoms with Crippen LogP contribution in [0.4, 0.5) is 5.69 Å². The number of rotatable bonds is 0. The van der Waals surface area contributed by atoms with Gasteiger partial charge < -0.3 is 14.8 Å². The number of epoxide rings is 1. The van der Waals surface area contributed by atoms with E-state index in [4.69, 9.17) is 21.1 Å². The van der Waals surface area contributed by atoms with Crippen LogP contribution >= 0.6 is 11.6 Å². The van der Waals surface area contributed by atoms with Crippen LogP contribution < -0.4 is 5.32 Å². The predicted octanol–water partition coefficient (Wildman–Crippen LogP) is 1.60. The average Bonchev–Trinajstić information content (AvgIpc) is 2.86. The number of ether oxygens (including phenoxy) is 2. The minimum absolute atomic E-state index is 0.207. The molecule has 14 heavy (non-hydrogen) atoms. The summed E-state index contributed by atoms with van der Waals surface area (Å²) in [7, 11) is 0. The van der Waals surface area contributed by atoms with Gasteiger partial charge in [-0.05, 0) is 18.2 Å². The topological polar surface area (TPSA) is 50.9 Å². The fraction of sp³-hybridized carbons (Fsp3) is 0.222. The van der Waals surface area contributed by atoms with Crippen molar-refractivity contribution < 1.29 is 14.3 Å². The molecule has 2 unspecified atom stereocenters. The standard InChI is InChI=1S/C9H6ClNO3/c10-4-1-2-6-5(3-4)8(12)14-9-7(11-6)13-9/h1-3,7,9,11H. The van der Waals surface area contributed by atoms with Crippen LogP contribution in [0.15, 0.2) is 18.2 Å². The first kappa shape index (κ1) is 8.08. The number of anilines is 1. The van der Waals surface area contributed by atoms with Crippen LogP contribution in [0.5, 0.6) is 0 Å². The molecule has 0 aromatic heterocycles. The van der Waals surface area contributed by atoms with E-state index in [2.05, 4.69) is 5.32 Å². The van der Waals surface area contributed by atoms with Crippen LogP contribution in [0.2, 0.25) is 5.02 Å². The van der Waals surface area contributed by atoms with E-state index in [-0.39, 0.29) is 6.23 Å². The maximum Gasteiger partial charge on any atom is 0.342 e. The fourth-order valence-corrected chi connectivity index (χ4v) is 1.60. The largest absolute Gasteiger partial charge is 0.427 e. The molecule has 3 rings (SSSR count). The molecule has 4 nitrogen and oxygen atoms in total. The highest BCUT2D eigenvalue weighted by Gasteiger charge is 2.46. The van der Waals surface area contributed by atoms with Crippen molar-refractivity contribution in [3.05, 3.63) is 28.8 Å². The monoisotopic (exact) mass is 211 g/mol. The molecule has 0 radical (unpaired) electrons. The Bertz CT molecular complexity index is 421. The number of benzene rings is 1. The lowest BCUT2D eigenvalue weighted by molar-refractivity contribution is 0.0299. The maximum absolute atomic E-state index is 11.5. The molecular weight excluding hydrogens is 206 g/mol. The lowest BCUT2D eigenvalue weighted by Gasteiger charge is -2.05. The molecule has 5 heteroatoms. The van der Waals surface area contributed by atoms with Crippen molar-refractivity contribution in [2.45, 2.75) is 12.5 Å². The Kier molecular flexibility index (Phi) is 1.51. The quantitative estimate of drug-likeness (QED) is 0.523. The molecule has 1 saturated heterocycles. The summed E-state index contributed by atoms with van der Waals surface area (Å²) in [6, 6.07) is 5.03. The first-order valence-electron chi connectivity index (χ1n) is 4.16. The van der Waals surface area contributed by atoms with Crippen molar-refractivity contribution in [2.75, 3.05) is 5.32 Å². The Hall–Kier alpha value is -1.26. The minimum atomic E-state index is -0.450. The summed E-state index contributed by atoms with van der Waals surface area (Å²) in [5, 5.41) is 3.54. The van der Waals surface area contributed by atoms with Crippen molar-refractivity contribution in [3.8, 4) is 0 Å². The predicted molar refractivity (Wildman–Crippen MR) is 49.2 cm³/mol. The van der Waals surface area contributed by atoms with Crippen LogP contribution in [0.25, 0.3) is 0 Å². The molecule has 72 valence electrons. The number of fused-ring (bicyclic) bond motifs is 2. The number of nitrogens with one attached hydrogen (secondary N) is 1. The van der Waals surface area contributed by atoms with Gasteiger partial charge in [0.15, 0.2) is 6.23 Å². The molecule has 0 amide bonds. The summed E-state index contributed by atoms with van der Waals surface area (Å²) < 4.78 is 10.0. The molecule has 1 aromatic rings. The van der Waals surface area contributed by atoms with E-state index in [1.54, 1.807) is 18.2 Å². The van der Waals surface area contributed by atoms with E-state index in [0.29, 0.717) is 16.3 Å². The zero-order valence-corrected chi connectivity index (χ0v) is 7.75. The van der Waals surface area contributed by atoms with Gasteiger partial charge in [-0.25, -0.2) is 4.79 Å². The summed E-state index contributed by atoms with van der Waals surface area (Å²) in [4.78, 5) is 11.5. The van der Waals surface area contributed by atoms with Gasteiger partial charge in [-0.1, -0.05) is 11.6 Å². The lowest BCUT2D eigenvalue weighted by atomic mass is 10.2. The summed E-state index contributed by atoms with van der Waals surface area (Å²) in [5.74, 6) is -0.403. The van der Waals surface area contributed by atoms with Crippen LogP contribution in [0, 0.1) is 0 Å². The Morgan fingerprint density at radius 2 is 2.29 bits per heavy atom. The van der Waals surface area contributed by atoms with Crippen molar-refractivity contribution in [1.29, 1.82) is 0 Å². The molecule has 2 aliphatic rings. The Morgan fingerprint density at radius 3 is 3.14 bits per heavy atom. The van der Waals surface area contributed by atoms with Gasteiger partial charge >= 0.3 is 5.97 Å². The third kappa shape index (κ3) is 1.15. The second kappa shape index (κ2) is 2.62. The molecule has 2 atom stereocenters. The molecule has 0 aliphatic carbocycles. The lowest BCUT2D eigenvalue weighted by Crippen LogP contribution is -2.06. The summed E-state index contributed by atoms with van der Waals surface area (Å²) in [6.07, 6.45) is -0.657. The van der Waals surface area contributed by atoms with E-state index in [1.165, 1.54) is 0 Å². The Labute approximate surface area is 84.8 Å². The number of carbonyl (C=O) groups excluding carboxylic acids is 1. The smallest absolute Gasteiger partial charge is 0.342 e. The third-order valence-corrected chi connectivity index (χ3v) is 2.41. The van der Waals surface area contributed by atoms with Crippen LogP contribution in [0.1, 0.15) is 10.4 Å². The van der Waals surface area contributed by atoms with E-state index in [9.17, 15) is 4.79 Å². The molecule has 1 aromatic carbocycles. The van der Waals surface area contributed by atoms with Gasteiger partial charge in [0.1, 0.15) is 0 Å². The van der Waals surface area contributed by atoms with Crippen molar-refractivity contribution in [3.63, 3.8) is 0 Å². The number of carbonyl (C=O) groups is 1. The average molecular weight is 212 g/mol. The molecule has 0 spiro atoms. The van der Waals surface area contributed by atoms with Crippen molar-refractivity contribution in [1.82, 2.24) is 0 Å². The van der Waals surface area contributed by atoms with Crippen molar-refractivity contribution >= 4 is 23.3 Å². The number of halogens is 1. The highest BCUT2D eigenvalue weighted by Crippen LogP contribution is 2.33. The SMILES string of the molecule is O=C1OC2OC2Nc2ccc(Cl)cc21. The van der Waals surface area contributed by atoms with Gasteiger partial charge in [0.2, 0.25) is 0 Å². The van der Waals surface area contributed by atoms with Gasteiger partial charge in [-0.3, -0.25) is 0 Å². The molecule has 1 fully saturated rings. The summed E-state index contributed by atoms with van der Waals surface area (Å²) in [5.41, 5.74) is 1.15. The second-order valence-electron chi connectivity index (χ2n) is 3.16. The van der Waals surface area contributed by atoms with E-state index in [1.807, 2.05) is 0 Å². The van der Waals surface area contributed by atoms with Crippen LogP contribution in [0.3, 0.4) is 0 Å². The first-order chi connectivity index (χ1) is 6.74. The van der Waals surface area contributed by atoms with Gasteiger partial charge in [0.25, 0.3) is 6.29 Å². The van der Waals surface area contributed by atoms with Gasteiger partial charge in [0, 0.05) is 5.02 Å². The molecular formula is C9H6ClNO3. The molecule has 0 bridgehead atoms. The minimum Gasteiger partial charge on any atom is -0.427 e. The van der Waals surface area contributed by atoms with E-state index in [0.717, 1.165) is 0 Å². The summed E-state index contributed by atoms with van der Waals surface area (Å²) in [6.45, 7) is 0. The zero-order valence-electron chi connectivity index (χ0n) is 6.99. The van der Waals surface area contributed by atoms with Gasteiger partial charge in [0.05, 0.1) is 11.3 Å². The Balaban J connectivity index is 2.10. The number of hydrogen-bond donors (Lipinski definition) is 1. The Morgan fingerprint density at radius 1 is 1.43 bits per heavy atom. The second-order valence-corrected chi connectivity index (χ2v) is 3.60. The first-order valence-corrected chi connectivity index (χ1v) is 4.54. The molecule has 1 N–H and O–H groups in total. The maximum atomic E-state index is 11.5. The van der Waals surface area contributed by atoms with Gasteiger partial charge in [-0.15, -0.1) is 0 Å². The van der Waals surface area contributed by atoms with Crippen molar-refractivity contribution in [2.24, 2.45) is 0 Å². The summed E-state index contributed by atoms with van der Waals surface area (Å²) >= 11 is 5.78.